The van der Waals surface area contributed by atoms with Crippen molar-refractivity contribution in [3.63, 3.8) is 0 Å². The van der Waals surface area contributed by atoms with Crippen LogP contribution in [-0.2, 0) is 6.54 Å². The quantitative estimate of drug-likeness (QED) is 0.693. The van der Waals surface area contributed by atoms with Crippen LogP contribution in [0.15, 0.2) is 48.8 Å². The number of aromatic nitrogens is 5. The molecule has 9 heteroatoms. The van der Waals surface area contributed by atoms with Gasteiger partial charge < -0.3 is 16.0 Å². The van der Waals surface area contributed by atoms with Gasteiger partial charge in [-0.1, -0.05) is 18.2 Å². The summed E-state index contributed by atoms with van der Waals surface area (Å²) in [5.41, 5.74) is 6.78. The molecule has 0 radical (unpaired) electrons. The molecule has 1 aromatic carbocycles. The highest BCUT2D eigenvalue weighted by molar-refractivity contribution is 5.53. The zero-order valence-electron chi connectivity index (χ0n) is 14.9. The smallest absolute Gasteiger partial charge is 0.232 e. The summed E-state index contributed by atoms with van der Waals surface area (Å²) in [5, 5.41) is 3.17. The summed E-state index contributed by atoms with van der Waals surface area (Å²) < 4.78 is 0. The molecule has 0 unspecified atom stereocenters. The van der Waals surface area contributed by atoms with E-state index in [1.807, 2.05) is 36.4 Å². The number of hydrogen-bond acceptors (Lipinski definition) is 9. The maximum Gasteiger partial charge on any atom is 0.232 e. The highest BCUT2D eigenvalue weighted by atomic mass is 15.3. The van der Waals surface area contributed by atoms with Gasteiger partial charge in [-0.2, -0.15) is 15.0 Å². The van der Waals surface area contributed by atoms with Crippen molar-refractivity contribution in [1.82, 2.24) is 29.8 Å². The highest BCUT2D eigenvalue weighted by Gasteiger charge is 2.20. The summed E-state index contributed by atoms with van der Waals surface area (Å²) >= 11 is 0. The molecule has 0 bridgehead atoms. The van der Waals surface area contributed by atoms with Crippen LogP contribution < -0.4 is 16.0 Å². The van der Waals surface area contributed by atoms with Gasteiger partial charge >= 0.3 is 0 Å². The number of nitrogens with zero attached hydrogens (tertiary/aromatic N) is 7. The maximum atomic E-state index is 5.87. The molecule has 3 N–H and O–H groups in total. The molecule has 138 valence electrons. The zero-order chi connectivity index (χ0) is 18.5. The van der Waals surface area contributed by atoms with Gasteiger partial charge in [-0.15, -0.1) is 0 Å². The number of nitrogens with two attached hydrogens (primary N) is 1. The lowest BCUT2D eigenvalue weighted by molar-refractivity contribution is 0.243. The van der Waals surface area contributed by atoms with E-state index in [0.29, 0.717) is 18.3 Å². The molecular formula is C18H21N9. The van der Waals surface area contributed by atoms with Crippen LogP contribution >= 0.6 is 0 Å². The van der Waals surface area contributed by atoms with Crippen LogP contribution in [0.25, 0.3) is 0 Å². The van der Waals surface area contributed by atoms with Crippen LogP contribution in [0.3, 0.4) is 0 Å². The summed E-state index contributed by atoms with van der Waals surface area (Å²) in [6.45, 7) is 4.11. The fourth-order valence-corrected chi connectivity index (χ4v) is 2.98. The molecule has 9 nitrogen and oxygen atoms in total. The lowest BCUT2D eigenvalue weighted by Gasteiger charge is -2.34. The van der Waals surface area contributed by atoms with E-state index in [9.17, 15) is 0 Å². The Bertz CT molecular complexity index is 865. The van der Waals surface area contributed by atoms with Crippen molar-refractivity contribution in [2.75, 3.05) is 42.1 Å². The fourth-order valence-electron chi connectivity index (χ4n) is 2.98. The minimum atomic E-state index is 0.217. The van der Waals surface area contributed by atoms with E-state index in [-0.39, 0.29) is 5.95 Å². The Kier molecular flexibility index (Phi) is 5.01. The Labute approximate surface area is 157 Å². The van der Waals surface area contributed by atoms with Gasteiger partial charge in [0.2, 0.25) is 17.8 Å². The molecule has 3 aromatic rings. The summed E-state index contributed by atoms with van der Waals surface area (Å²) in [5.74, 6) is 2.11. The Balaban J connectivity index is 1.38. The summed E-state index contributed by atoms with van der Waals surface area (Å²) in [6, 6.07) is 11.6. The van der Waals surface area contributed by atoms with Crippen molar-refractivity contribution < 1.29 is 0 Å². The number of nitrogen functional groups attached to an aromatic ring is 1. The predicted octanol–water partition coefficient (Wildman–Crippen LogP) is 1.31. The van der Waals surface area contributed by atoms with Crippen LogP contribution in [0, 0.1) is 0 Å². The van der Waals surface area contributed by atoms with Gasteiger partial charge in [0.1, 0.15) is 5.82 Å². The van der Waals surface area contributed by atoms with Crippen LogP contribution in [0.4, 0.5) is 23.5 Å². The van der Waals surface area contributed by atoms with Crippen molar-refractivity contribution in [2.24, 2.45) is 0 Å². The fraction of sp³-hybridized carbons (Fsp3) is 0.278. The normalized spacial score (nSPS) is 14.9. The molecule has 1 fully saturated rings. The predicted molar refractivity (Wildman–Crippen MR) is 103 cm³/mol. The van der Waals surface area contributed by atoms with E-state index < -0.39 is 0 Å². The first-order valence-electron chi connectivity index (χ1n) is 8.83. The lowest BCUT2D eigenvalue weighted by atomic mass is 10.3. The van der Waals surface area contributed by atoms with Crippen LogP contribution in [0.2, 0.25) is 0 Å². The van der Waals surface area contributed by atoms with E-state index >= 15 is 0 Å². The monoisotopic (exact) mass is 363 g/mol. The van der Waals surface area contributed by atoms with Gasteiger partial charge in [0.15, 0.2) is 0 Å². The van der Waals surface area contributed by atoms with Crippen LogP contribution in [-0.4, -0.2) is 56.0 Å². The average Bonchev–Trinajstić information content (AvgIpc) is 2.70. The lowest BCUT2D eigenvalue weighted by Crippen LogP contribution is -2.46. The van der Waals surface area contributed by atoms with E-state index in [0.717, 1.165) is 37.8 Å². The first-order valence-corrected chi connectivity index (χ1v) is 8.83. The zero-order valence-corrected chi connectivity index (χ0v) is 14.9. The average molecular weight is 363 g/mol. The second-order valence-electron chi connectivity index (χ2n) is 6.24. The standard InChI is InChI=1S/C18H21N9/c19-16-23-15(24-17(25-16)22-14-5-2-1-3-6-14)13-26-9-11-27(12-10-26)18-20-7-4-8-21-18/h1-8H,9-13H2,(H3,19,22,23,24,25). The maximum absolute atomic E-state index is 5.87. The van der Waals surface area contributed by atoms with E-state index in [4.69, 9.17) is 5.73 Å². The molecule has 0 aliphatic carbocycles. The van der Waals surface area contributed by atoms with Crippen LogP contribution in [0.1, 0.15) is 5.82 Å². The van der Waals surface area contributed by atoms with Crippen LogP contribution in [0.5, 0.6) is 0 Å². The van der Waals surface area contributed by atoms with Crippen molar-refractivity contribution in [3.8, 4) is 0 Å². The van der Waals surface area contributed by atoms with Gasteiger partial charge in [0, 0.05) is 44.3 Å². The Morgan fingerprint density at radius 2 is 1.63 bits per heavy atom. The largest absolute Gasteiger partial charge is 0.368 e. The van der Waals surface area contributed by atoms with Crippen molar-refractivity contribution >= 4 is 23.5 Å². The molecule has 2 aromatic heterocycles. The van der Waals surface area contributed by atoms with Crippen molar-refractivity contribution in [2.45, 2.75) is 6.54 Å². The summed E-state index contributed by atoms with van der Waals surface area (Å²) in [7, 11) is 0. The molecule has 1 aliphatic heterocycles. The number of nitrogens with one attached hydrogen (secondary N) is 1. The number of benzene rings is 1. The molecule has 0 atom stereocenters. The number of anilines is 4. The van der Waals surface area contributed by atoms with E-state index in [2.05, 4.69) is 40.0 Å². The number of para-hydroxylation sites is 1. The molecule has 4 rings (SSSR count). The van der Waals surface area contributed by atoms with Gasteiger partial charge in [-0.25, -0.2) is 9.97 Å². The first kappa shape index (κ1) is 17.1. The second-order valence-corrected chi connectivity index (χ2v) is 6.24. The Morgan fingerprint density at radius 1 is 0.889 bits per heavy atom. The van der Waals surface area contributed by atoms with E-state index in [1.165, 1.54) is 0 Å². The Morgan fingerprint density at radius 3 is 2.37 bits per heavy atom. The van der Waals surface area contributed by atoms with Crippen molar-refractivity contribution in [1.29, 1.82) is 0 Å². The second kappa shape index (κ2) is 7.92. The van der Waals surface area contributed by atoms with Gasteiger partial charge in [-0.05, 0) is 18.2 Å². The van der Waals surface area contributed by atoms with E-state index in [1.54, 1.807) is 12.4 Å². The molecule has 0 saturated carbocycles. The van der Waals surface area contributed by atoms with Gasteiger partial charge in [0.05, 0.1) is 6.54 Å². The molecule has 3 heterocycles. The van der Waals surface area contributed by atoms with Gasteiger partial charge in [0.25, 0.3) is 0 Å². The van der Waals surface area contributed by atoms with Crippen molar-refractivity contribution in [3.05, 3.63) is 54.6 Å². The van der Waals surface area contributed by atoms with Gasteiger partial charge in [-0.3, -0.25) is 4.90 Å². The number of rotatable bonds is 5. The number of hydrogen-bond donors (Lipinski definition) is 2. The minimum Gasteiger partial charge on any atom is -0.368 e. The molecule has 1 aliphatic rings. The molecule has 0 spiro atoms. The minimum absolute atomic E-state index is 0.217. The highest BCUT2D eigenvalue weighted by Crippen LogP contribution is 2.15. The Hall–Kier alpha value is -3.33. The first-order chi connectivity index (χ1) is 13.3. The molecule has 0 amide bonds. The third-order valence-electron chi connectivity index (χ3n) is 4.30. The SMILES string of the molecule is Nc1nc(CN2CCN(c3ncccn3)CC2)nc(Nc2ccccc2)n1. The summed E-state index contributed by atoms with van der Waals surface area (Å²) in [4.78, 5) is 26.1. The third kappa shape index (κ3) is 4.45. The number of piperazine rings is 1. The third-order valence-corrected chi connectivity index (χ3v) is 4.30. The topological polar surface area (TPSA) is 109 Å². The molecular weight excluding hydrogens is 342 g/mol. The summed E-state index contributed by atoms with van der Waals surface area (Å²) in [6.07, 6.45) is 3.53. The molecule has 27 heavy (non-hydrogen) atoms. The molecule has 1 saturated heterocycles.